The summed E-state index contributed by atoms with van der Waals surface area (Å²) in [6, 6.07) is 5.39. The zero-order chi connectivity index (χ0) is 15.0. The van der Waals surface area contributed by atoms with Crippen LogP contribution < -0.4 is 5.73 Å². The van der Waals surface area contributed by atoms with E-state index >= 15 is 0 Å². The lowest BCUT2D eigenvalue weighted by Crippen LogP contribution is -2.50. The summed E-state index contributed by atoms with van der Waals surface area (Å²) in [4.78, 5) is 18.5. The van der Waals surface area contributed by atoms with Crippen molar-refractivity contribution in [3.8, 4) is 0 Å². The summed E-state index contributed by atoms with van der Waals surface area (Å²) < 4.78 is 6.46. The maximum atomic E-state index is 12.6. The number of hydrogen-bond donors (Lipinski definition) is 2. The Morgan fingerprint density at radius 3 is 3.14 bits per heavy atom. The highest BCUT2D eigenvalue weighted by Gasteiger charge is 2.28. The van der Waals surface area contributed by atoms with E-state index in [4.69, 9.17) is 10.5 Å². The van der Waals surface area contributed by atoms with Crippen LogP contribution in [0.1, 0.15) is 17.3 Å². The Balaban J connectivity index is 1.85. The highest BCUT2D eigenvalue weighted by molar-refractivity contribution is 7.22. The van der Waals surface area contributed by atoms with E-state index in [1.54, 1.807) is 11.0 Å². The third-order valence-corrected chi connectivity index (χ3v) is 4.32. The van der Waals surface area contributed by atoms with Crippen LogP contribution >= 0.6 is 11.3 Å². The van der Waals surface area contributed by atoms with Crippen LogP contribution in [-0.4, -0.2) is 52.8 Å². The monoisotopic (exact) mass is 307 g/mol. The van der Waals surface area contributed by atoms with Gasteiger partial charge in [-0.15, -0.1) is 0 Å². The van der Waals surface area contributed by atoms with Crippen LogP contribution in [0.3, 0.4) is 0 Å². The van der Waals surface area contributed by atoms with Gasteiger partial charge in [-0.1, -0.05) is 11.3 Å². The Morgan fingerprint density at radius 1 is 1.57 bits per heavy atom. The van der Waals surface area contributed by atoms with Crippen molar-refractivity contribution < 1.29 is 14.6 Å². The molecule has 2 aromatic rings. The van der Waals surface area contributed by atoms with Crippen LogP contribution in [0.15, 0.2) is 18.2 Å². The fraction of sp³-hybridized carbons (Fsp3) is 0.429. The predicted octanol–water partition coefficient (Wildman–Crippen LogP) is 1.10. The normalized spacial score (nSPS) is 22.7. The second-order valence-corrected chi connectivity index (χ2v) is 6.26. The molecule has 1 aromatic heterocycles. The van der Waals surface area contributed by atoms with Crippen molar-refractivity contribution >= 4 is 32.6 Å². The summed E-state index contributed by atoms with van der Waals surface area (Å²) in [7, 11) is 0. The maximum Gasteiger partial charge on any atom is 0.254 e. The van der Waals surface area contributed by atoms with Gasteiger partial charge in [0.1, 0.15) is 0 Å². The average molecular weight is 307 g/mol. The SMILES string of the molecule is CC1CN(C(=O)c2ccc3nc(N)sc3c2)CC(CO)O1. The van der Waals surface area contributed by atoms with Crippen molar-refractivity contribution in [2.75, 3.05) is 25.4 Å². The number of carbonyl (C=O) groups excluding carboxylic acids is 1. The second-order valence-electron chi connectivity index (χ2n) is 5.20. The van der Waals surface area contributed by atoms with Crippen LogP contribution in [0.2, 0.25) is 0 Å². The number of nitrogen functional groups attached to an aromatic ring is 1. The molecule has 7 heteroatoms. The summed E-state index contributed by atoms with van der Waals surface area (Å²) in [6.07, 6.45) is -0.400. The van der Waals surface area contributed by atoms with Gasteiger partial charge in [-0.2, -0.15) is 0 Å². The highest BCUT2D eigenvalue weighted by atomic mass is 32.1. The van der Waals surface area contributed by atoms with Crippen LogP contribution in [-0.2, 0) is 4.74 Å². The predicted molar refractivity (Wildman–Crippen MR) is 81.4 cm³/mol. The van der Waals surface area contributed by atoms with Crippen LogP contribution in [0.5, 0.6) is 0 Å². The zero-order valence-electron chi connectivity index (χ0n) is 11.7. The first-order valence-corrected chi connectivity index (χ1v) is 7.60. The molecule has 0 radical (unpaired) electrons. The van der Waals surface area contributed by atoms with Crippen LogP contribution in [0, 0.1) is 0 Å². The topological polar surface area (TPSA) is 88.7 Å². The fourth-order valence-corrected chi connectivity index (χ4v) is 3.34. The molecule has 0 saturated carbocycles. The first kappa shape index (κ1) is 14.2. The van der Waals surface area contributed by atoms with E-state index in [0.717, 1.165) is 10.2 Å². The third kappa shape index (κ3) is 2.85. The molecular weight excluding hydrogens is 290 g/mol. The Morgan fingerprint density at radius 2 is 2.38 bits per heavy atom. The average Bonchev–Trinajstić information content (AvgIpc) is 2.84. The molecule has 1 aliphatic rings. The largest absolute Gasteiger partial charge is 0.394 e. The number of benzene rings is 1. The summed E-state index contributed by atoms with van der Waals surface area (Å²) in [5, 5.41) is 9.73. The molecule has 3 rings (SSSR count). The van der Waals surface area contributed by atoms with Gasteiger partial charge in [0.05, 0.1) is 29.0 Å². The molecular formula is C14H17N3O3S. The number of thiazole rings is 1. The number of aliphatic hydroxyl groups excluding tert-OH is 1. The number of aromatic nitrogens is 1. The smallest absolute Gasteiger partial charge is 0.254 e. The molecule has 1 amide bonds. The first-order chi connectivity index (χ1) is 10.1. The fourth-order valence-electron chi connectivity index (χ4n) is 2.57. The van der Waals surface area contributed by atoms with Gasteiger partial charge in [0, 0.05) is 18.7 Å². The van der Waals surface area contributed by atoms with Gasteiger partial charge in [0.25, 0.3) is 5.91 Å². The molecule has 21 heavy (non-hydrogen) atoms. The van der Waals surface area contributed by atoms with Crippen molar-refractivity contribution in [1.29, 1.82) is 0 Å². The van der Waals surface area contributed by atoms with Crippen molar-refractivity contribution in [3.63, 3.8) is 0 Å². The van der Waals surface area contributed by atoms with Gasteiger partial charge < -0.3 is 20.5 Å². The van der Waals surface area contributed by atoms with Gasteiger partial charge in [0.2, 0.25) is 0 Å². The molecule has 0 aliphatic carbocycles. The Kier molecular flexibility index (Phi) is 3.79. The number of rotatable bonds is 2. The maximum absolute atomic E-state index is 12.6. The van der Waals surface area contributed by atoms with Gasteiger partial charge in [-0.3, -0.25) is 4.79 Å². The molecule has 1 saturated heterocycles. The van der Waals surface area contributed by atoms with Crippen LogP contribution in [0.25, 0.3) is 10.2 Å². The molecule has 0 bridgehead atoms. The van der Waals surface area contributed by atoms with Crippen molar-refractivity contribution in [2.45, 2.75) is 19.1 Å². The summed E-state index contributed by atoms with van der Waals surface area (Å²) in [5.74, 6) is -0.0579. The molecule has 1 aliphatic heterocycles. The molecule has 112 valence electrons. The number of nitrogens with two attached hydrogens (primary N) is 1. The molecule has 0 spiro atoms. The second kappa shape index (κ2) is 5.59. The Labute approximate surface area is 126 Å². The molecule has 2 heterocycles. The minimum atomic E-state index is -0.319. The molecule has 6 nitrogen and oxygen atoms in total. The van der Waals surface area contributed by atoms with E-state index in [2.05, 4.69) is 4.98 Å². The summed E-state index contributed by atoms with van der Waals surface area (Å²) >= 11 is 1.37. The quantitative estimate of drug-likeness (QED) is 0.867. The van der Waals surface area contributed by atoms with E-state index < -0.39 is 0 Å². The first-order valence-electron chi connectivity index (χ1n) is 6.78. The number of amides is 1. The van der Waals surface area contributed by atoms with E-state index in [-0.39, 0.29) is 24.7 Å². The molecule has 2 atom stereocenters. The summed E-state index contributed by atoms with van der Waals surface area (Å²) in [5.41, 5.74) is 7.09. The number of carbonyl (C=O) groups is 1. The lowest BCUT2D eigenvalue weighted by atomic mass is 10.1. The molecule has 1 fully saturated rings. The van der Waals surface area contributed by atoms with Crippen molar-refractivity contribution in [1.82, 2.24) is 9.88 Å². The minimum absolute atomic E-state index is 0.0579. The van der Waals surface area contributed by atoms with Gasteiger partial charge in [-0.25, -0.2) is 4.98 Å². The van der Waals surface area contributed by atoms with Crippen molar-refractivity contribution in [2.24, 2.45) is 0 Å². The summed E-state index contributed by atoms with van der Waals surface area (Å²) in [6.45, 7) is 2.74. The lowest BCUT2D eigenvalue weighted by molar-refractivity contribution is -0.0858. The van der Waals surface area contributed by atoms with E-state index in [9.17, 15) is 9.90 Å². The van der Waals surface area contributed by atoms with E-state index in [1.807, 2.05) is 19.1 Å². The minimum Gasteiger partial charge on any atom is -0.394 e. The molecule has 3 N–H and O–H groups in total. The number of nitrogens with zero attached hydrogens (tertiary/aromatic N) is 2. The molecule has 1 aromatic carbocycles. The van der Waals surface area contributed by atoms with E-state index in [0.29, 0.717) is 23.8 Å². The standard InChI is InChI=1S/C14H17N3O3S/c1-8-5-17(6-10(7-18)20-8)13(19)9-2-3-11-12(4-9)21-14(15)16-11/h2-4,8,10,18H,5-7H2,1H3,(H2,15,16). The third-order valence-electron chi connectivity index (χ3n) is 3.47. The molecule has 2 unspecified atom stereocenters. The van der Waals surface area contributed by atoms with E-state index in [1.165, 1.54) is 11.3 Å². The Hall–Kier alpha value is -1.70. The van der Waals surface area contributed by atoms with Gasteiger partial charge in [-0.05, 0) is 25.1 Å². The van der Waals surface area contributed by atoms with Crippen LogP contribution in [0.4, 0.5) is 5.13 Å². The zero-order valence-corrected chi connectivity index (χ0v) is 12.5. The Bertz CT molecular complexity index is 673. The lowest BCUT2D eigenvalue weighted by Gasteiger charge is -2.36. The number of ether oxygens (including phenoxy) is 1. The van der Waals surface area contributed by atoms with Crippen molar-refractivity contribution in [3.05, 3.63) is 23.8 Å². The number of hydrogen-bond acceptors (Lipinski definition) is 6. The van der Waals surface area contributed by atoms with Gasteiger partial charge in [0.15, 0.2) is 5.13 Å². The highest BCUT2D eigenvalue weighted by Crippen LogP contribution is 2.25. The number of anilines is 1. The number of fused-ring (bicyclic) bond motifs is 1. The number of aliphatic hydroxyl groups is 1. The number of morpholine rings is 1. The van der Waals surface area contributed by atoms with Gasteiger partial charge >= 0.3 is 0 Å².